The van der Waals surface area contributed by atoms with Gasteiger partial charge >= 0.3 is 0 Å². The Morgan fingerprint density at radius 3 is 3.00 bits per heavy atom. The molecule has 1 aromatic carbocycles. The third kappa shape index (κ3) is 2.36. The monoisotopic (exact) mass is 238 g/mol. The molecule has 1 atom stereocenters. The first-order valence-corrected chi connectivity index (χ1v) is 5.80. The van der Waals surface area contributed by atoms with E-state index < -0.39 is 0 Å². The molecule has 2 rings (SSSR count). The smallest absolute Gasteiger partial charge is 0.253 e. The highest BCUT2D eigenvalue weighted by molar-refractivity contribution is 6.30. The summed E-state index contributed by atoms with van der Waals surface area (Å²) in [5.41, 5.74) is 0.671. The third-order valence-electron chi connectivity index (χ3n) is 2.96. The number of likely N-dealkylation sites (N-methyl/N-ethyl adjacent to an activating group) is 1. The molecule has 1 saturated heterocycles. The van der Waals surface area contributed by atoms with Crippen molar-refractivity contribution in [3.63, 3.8) is 0 Å². The maximum atomic E-state index is 12.1. The predicted octanol–water partition coefficient (Wildman–Crippen LogP) is 1.77. The van der Waals surface area contributed by atoms with Gasteiger partial charge in [0.25, 0.3) is 5.91 Å². The lowest BCUT2D eigenvalue weighted by Crippen LogP contribution is -2.33. The standard InChI is InChI=1S/C12H15ClN2O/c1-14-11-5-6-15(8-11)12(16)9-3-2-4-10(13)7-9/h2-4,7,11,14H,5-6,8H2,1H3/t11-/m1/s1. The molecule has 1 fully saturated rings. The van der Waals surface area contributed by atoms with Gasteiger partial charge in [-0.3, -0.25) is 4.79 Å². The number of halogens is 1. The van der Waals surface area contributed by atoms with Crippen LogP contribution >= 0.6 is 11.6 Å². The van der Waals surface area contributed by atoms with Gasteiger partial charge in [0.05, 0.1) is 0 Å². The summed E-state index contributed by atoms with van der Waals surface area (Å²) in [7, 11) is 1.93. The number of hydrogen-bond acceptors (Lipinski definition) is 2. The number of rotatable bonds is 2. The summed E-state index contributed by atoms with van der Waals surface area (Å²) in [5.74, 6) is 0.0697. The summed E-state index contributed by atoms with van der Waals surface area (Å²) < 4.78 is 0. The fraction of sp³-hybridized carbons (Fsp3) is 0.417. The lowest BCUT2D eigenvalue weighted by atomic mass is 10.2. The molecule has 1 N–H and O–H groups in total. The van der Waals surface area contributed by atoms with E-state index in [1.807, 2.05) is 11.9 Å². The van der Waals surface area contributed by atoms with Crippen molar-refractivity contribution in [1.82, 2.24) is 10.2 Å². The highest BCUT2D eigenvalue weighted by atomic mass is 35.5. The van der Waals surface area contributed by atoms with E-state index in [0.29, 0.717) is 16.6 Å². The van der Waals surface area contributed by atoms with Crippen molar-refractivity contribution in [2.45, 2.75) is 12.5 Å². The van der Waals surface area contributed by atoms with Crippen LogP contribution in [0.15, 0.2) is 24.3 Å². The molecule has 0 aromatic heterocycles. The Hall–Kier alpha value is -1.06. The first-order chi connectivity index (χ1) is 7.70. The van der Waals surface area contributed by atoms with Crippen LogP contribution in [0.3, 0.4) is 0 Å². The Kier molecular flexibility index (Phi) is 3.46. The van der Waals surface area contributed by atoms with E-state index in [0.717, 1.165) is 19.5 Å². The maximum absolute atomic E-state index is 12.1. The minimum absolute atomic E-state index is 0.0697. The summed E-state index contributed by atoms with van der Waals surface area (Å²) >= 11 is 5.87. The van der Waals surface area contributed by atoms with Crippen molar-refractivity contribution >= 4 is 17.5 Å². The Bertz CT molecular complexity index is 394. The molecule has 1 amide bonds. The molecule has 0 unspecified atom stereocenters. The quantitative estimate of drug-likeness (QED) is 0.852. The summed E-state index contributed by atoms with van der Waals surface area (Å²) in [6.07, 6.45) is 1.02. The van der Waals surface area contributed by atoms with Crippen LogP contribution in [-0.2, 0) is 0 Å². The van der Waals surface area contributed by atoms with Gasteiger partial charge in [-0.25, -0.2) is 0 Å². The molecule has 0 radical (unpaired) electrons. The van der Waals surface area contributed by atoms with E-state index in [-0.39, 0.29) is 5.91 Å². The number of carbonyl (C=O) groups is 1. The predicted molar refractivity (Wildman–Crippen MR) is 64.8 cm³/mol. The van der Waals surface area contributed by atoms with Gasteiger partial charge in [-0.1, -0.05) is 17.7 Å². The van der Waals surface area contributed by atoms with E-state index in [9.17, 15) is 4.79 Å². The van der Waals surface area contributed by atoms with Gasteiger partial charge in [-0.05, 0) is 31.7 Å². The van der Waals surface area contributed by atoms with Crippen LogP contribution in [0, 0.1) is 0 Å². The number of carbonyl (C=O) groups excluding carboxylic acids is 1. The van der Waals surface area contributed by atoms with Crippen molar-refractivity contribution in [3.8, 4) is 0 Å². The first-order valence-electron chi connectivity index (χ1n) is 5.43. The molecule has 86 valence electrons. The molecule has 1 aliphatic heterocycles. The topological polar surface area (TPSA) is 32.3 Å². The number of nitrogens with zero attached hydrogens (tertiary/aromatic N) is 1. The van der Waals surface area contributed by atoms with Gasteiger partial charge in [0.2, 0.25) is 0 Å². The van der Waals surface area contributed by atoms with Crippen LogP contribution in [0.5, 0.6) is 0 Å². The molecule has 0 saturated carbocycles. The van der Waals surface area contributed by atoms with Gasteiger partial charge in [-0.2, -0.15) is 0 Å². The summed E-state index contributed by atoms with van der Waals surface area (Å²) in [4.78, 5) is 14.0. The SMILES string of the molecule is CN[C@@H]1CCN(C(=O)c2cccc(Cl)c2)C1. The van der Waals surface area contributed by atoms with E-state index in [2.05, 4.69) is 5.32 Å². The maximum Gasteiger partial charge on any atom is 0.253 e. The van der Waals surface area contributed by atoms with Gasteiger partial charge in [0.1, 0.15) is 0 Å². The lowest BCUT2D eigenvalue weighted by Gasteiger charge is -2.16. The van der Waals surface area contributed by atoms with Crippen LogP contribution in [0.2, 0.25) is 5.02 Å². The zero-order valence-corrected chi connectivity index (χ0v) is 10.00. The van der Waals surface area contributed by atoms with E-state index >= 15 is 0 Å². The Labute approximate surface area is 100 Å². The molecule has 4 heteroatoms. The molecule has 0 spiro atoms. The molecular weight excluding hydrogens is 224 g/mol. The largest absolute Gasteiger partial charge is 0.337 e. The van der Waals surface area contributed by atoms with Crippen molar-refractivity contribution in [1.29, 1.82) is 0 Å². The van der Waals surface area contributed by atoms with Crippen LogP contribution in [0.25, 0.3) is 0 Å². The molecule has 16 heavy (non-hydrogen) atoms. The number of amides is 1. The second kappa shape index (κ2) is 4.85. The zero-order chi connectivity index (χ0) is 11.5. The van der Waals surface area contributed by atoms with Crippen molar-refractivity contribution in [2.75, 3.05) is 20.1 Å². The lowest BCUT2D eigenvalue weighted by molar-refractivity contribution is 0.0789. The number of likely N-dealkylation sites (tertiary alicyclic amines) is 1. The number of nitrogens with one attached hydrogen (secondary N) is 1. The Morgan fingerprint density at radius 1 is 1.56 bits per heavy atom. The average Bonchev–Trinajstić information content (AvgIpc) is 2.76. The van der Waals surface area contributed by atoms with Crippen molar-refractivity contribution in [3.05, 3.63) is 34.9 Å². The van der Waals surface area contributed by atoms with Gasteiger partial charge < -0.3 is 10.2 Å². The highest BCUT2D eigenvalue weighted by Crippen LogP contribution is 2.16. The summed E-state index contributed by atoms with van der Waals surface area (Å²) in [6, 6.07) is 7.53. The van der Waals surface area contributed by atoms with Crippen molar-refractivity contribution < 1.29 is 4.79 Å². The fourth-order valence-corrected chi connectivity index (χ4v) is 2.17. The van der Waals surface area contributed by atoms with Gasteiger partial charge in [0, 0.05) is 29.7 Å². The minimum atomic E-state index is 0.0697. The second-order valence-corrected chi connectivity index (χ2v) is 4.47. The second-order valence-electron chi connectivity index (χ2n) is 4.04. The summed E-state index contributed by atoms with van der Waals surface area (Å²) in [6.45, 7) is 1.60. The van der Waals surface area contributed by atoms with Gasteiger partial charge in [-0.15, -0.1) is 0 Å². The van der Waals surface area contributed by atoms with Gasteiger partial charge in [0.15, 0.2) is 0 Å². The Morgan fingerprint density at radius 2 is 2.38 bits per heavy atom. The first kappa shape index (κ1) is 11.4. The molecule has 1 aromatic rings. The highest BCUT2D eigenvalue weighted by Gasteiger charge is 2.25. The molecule has 0 aliphatic carbocycles. The number of benzene rings is 1. The summed E-state index contributed by atoms with van der Waals surface area (Å²) in [5, 5.41) is 3.80. The molecule has 1 aliphatic rings. The Balaban J connectivity index is 2.08. The van der Waals surface area contributed by atoms with Crippen LogP contribution in [0.4, 0.5) is 0 Å². The van der Waals surface area contributed by atoms with E-state index in [1.165, 1.54) is 0 Å². The van der Waals surface area contributed by atoms with Crippen LogP contribution in [-0.4, -0.2) is 37.0 Å². The van der Waals surface area contributed by atoms with E-state index in [4.69, 9.17) is 11.6 Å². The molecular formula is C12H15ClN2O. The molecule has 0 bridgehead atoms. The molecule has 3 nitrogen and oxygen atoms in total. The number of hydrogen-bond donors (Lipinski definition) is 1. The van der Waals surface area contributed by atoms with Crippen LogP contribution in [0.1, 0.15) is 16.8 Å². The normalized spacial score (nSPS) is 20.1. The van der Waals surface area contributed by atoms with E-state index in [1.54, 1.807) is 24.3 Å². The average molecular weight is 239 g/mol. The molecule has 1 heterocycles. The zero-order valence-electron chi connectivity index (χ0n) is 9.24. The van der Waals surface area contributed by atoms with Crippen molar-refractivity contribution in [2.24, 2.45) is 0 Å². The third-order valence-corrected chi connectivity index (χ3v) is 3.19. The minimum Gasteiger partial charge on any atom is -0.337 e. The van der Waals surface area contributed by atoms with Crippen LogP contribution < -0.4 is 5.32 Å². The fourth-order valence-electron chi connectivity index (χ4n) is 1.98.